The third kappa shape index (κ3) is 2.01. The van der Waals surface area contributed by atoms with Gasteiger partial charge in [0.05, 0.1) is 6.10 Å². The summed E-state index contributed by atoms with van der Waals surface area (Å²) >= 11 is 0. The average molecular weight is 227 g/mol. The standard InChI is InChI=1S/C15H17NO/c17-13-7-4-10-16(11-13)15-9-3-6-12-5-1-2-8-14(12)15/h1-3,5-6,8-9,13,17H,4,7,10-11H2. The molecule has 2 aromatic rings. The second-order valence-electron chi connectivity index (χ2n) is 4.74. The van der Waals surface area contributed by atoms with Crippen LogP contribution in [0.15, 0.2) is 42.5 Å². The zero-order valence-electron chi connectivity index (χ0n) is 9.84. The highest BCUT2D eigenvalue weighted by Gasteiger charge is 2.18. The number of hydrogen-bond acceptors (Lipinski definition) is 2. The van der Waals surface area contributed by atoms with E-state index in [1.54, 1.807) is 0 Å². The van der Waals surface area contributed by atoms with Crippen molar-refractivity contribution in [3.8, 4) is 0 Å². The molecule has 1 N–H and O–H groups in total. The van der Waals surface area contributed by atoms with E-state index in [0.29, 0.717) is 0 Å². The van der Waals surface area contributed by atoms with E-state index in [1.165, 1.54) is 16.5 Å². The Hall–Kier alpha value is -1.54. The van der Waals surface area contributed by atoms with E-state index in [9.17, 15) is 5.11 Å². The van der Waals surface area contributed by atoms with Crippen LogP contribution in [0.2, 0.25) is 0 Å². The first-order valence-corrected chi connectivity index (χ1v) is 6.25. The molecule has 17 heavy (non-hydrogen) atoms. The Kier molecular flexibility index (Phi) is 2.73. The fraction of sp³-hybridized carbons (Fsp3) is 0.333. The number of aliphatic hydroxyl groups excluding tert-OH is 1. The largest absolute Gasteiger partial charge is 0.391 e. The van der Waals surface area contributed by atoms with Gasteiger partial charge in [-0.3, -0.25) is 0 Å². The first-order chi connectivity index (χ1) is 8.34. The molecule has 88 valence electrons. The van der Waals surface area contributed by atoms with Crippen LogP contribution in [0, 0.1) is 0 Å². The Bertz CT molecular complexity index is 518. The van der Waals surface area contributed by atoms with Gasteiger partial charge < -0.3 is 10.0 Å². The molecular formula is C15H17NO. The molecule has 0 aliphatic carbocycles. The van der Waals surface area contributed by atoms with Gasteiger partial charge in [-0.1, -0.05) is 36.4 Å². The van der Waals surface area contributed by atoms with Crippen molar-refractivity contribution in [1.29, 1.82) is 0 Å². The Morgan fingerprint density at radius 3 is 2.76 bits per heavy atom. The van der Waals surface area contributed by atoms with Gasteiger partial charge in [0.2, 0.25) is 0 Å². The highest BCUT2D eigenvalue weighted by Crippen LogP contribution is 2.28. The van der Waals surface area contributed by atoms with Gasteiger partial charge in [-0.15, -0.1) is 0 Å². The number of anilines is 1. The smallest absolute Gasteiger partial charge is 0.0715 e. The lowest BCUT2D eigenvalue weighted by Gasteiger charge is -2.32. The fourth-order valence-electron chi connectivity index (χ4n) is 2.66. The van der Waals surface area contributed by atoms with Crippen LogP contribution >= 0.6 is 0 Å². The predicted octanol–water partition coefficient (Wildman–Crippen LogP) is 2.80. The maximum atomic E-state index is 9.77. The third-order valence-electron chi connectivity index (χ3n) is 3.50. The van der Waals surface area contributed by atoms with Crippen LogP contribution in [0.3, 0.4) is 0 Å². The lowest BCUT2D eigenvalue weighted by molar-refractivity contribution is 0.154. The maximum Gasteiger partial charge on any atom is 0.0715 e. The summed E-state index contributed by atoms with van der Waals surface area (Å²) in [5, 5.41) is 12.3. The molecule has 1 atom stereocenters. The number of benzene rings is 2. The molecule has 2 nitrogen and oxygen atoms in total. The zero-order chi connectivity index (χ0) is 11.7. The molecule has 0 spiro atoms. The van der Waals surface area contributed by atoms with Crippen LogP contribution in [-0.2, 0) is 0 Å². The molecule has 0 amide bonds. The summed E-state index contributed by atoms with van der Waals surface area (Å²) in [5.74, 6) is 0. The molecule has 0 saturated carbocycles. The molecule has 0 radical (unpaired) electrons. The van der Waals surface area contributed by atoms with Gasteiger partial charge in [0.1, 0.15) is 0 Å². The quantitative estimate of drug-likeness (QED) is 0.809. The van der Waals surface area contributed by atoms with Crippen molar-refractivity contribution in [3.05, 3.63) is 42.5 Å². The Morgan fingerprint density at radius 1 is 1.06 bits per heavy atom. The minimum Gasteiger partial charge on any atom is -0.391 e. The van der Waals surface area contributed by atoms with Crippen LogP contribution < -0.4 is 4.90 Å². The second kappa shape index (κ2) is 4.38. The molecule has 0 aromatic heterocycles. The molecular weight excluding hydrogens is 210 g/mol. The Balaban J connectivity index is 2.04. The summed E-state index contributed by atoms with van der Waals surface area (Å²) in [5.41, 5.74) is 1.25. The lowest BCUT2D eigenvalue weighted by Crippen LogP contribution is -2.38. The number of β-amino-alcohol motifs (C(OH)–C–C–N with tert-alkyl or cyclic N) is 1. The first-order valence-electron chi connectivity index (χ1n) is 6.25. The van der Waals surface area contributed by atoms with E-state index < -0.39 is 0 Å². The molecule has 1 fully saturated rings. The van der Waals surface area contributed by atoms with Gasteiger partial charge in [0.25, 0.3) is 0 Å². The maximum absolute atomic E-state index is 9.77. The average Bonchev–Trinajstić information content (AvgIpc) is 2.38. The van der Waals surface area contributed by atoms with Crippen LogP contribution in [0.5, 0.6) is 0 Å². The summed E-state index contributed by atoms with van der Waals surface area (Å²) in [6, 6.07) is 14.8. The SMILES string of the molecule is OC1CCCN(c2cccc3ccccc23)C1. The monoisotopic (exact) mass is 227 g/mol. The van der Waals surface area contributed by atoms with Crippen molar-refractivity contribution < 1.29 is 5.11 Å². The molecule has 2 heteroatoms. The summed E-state index contributed by atoms with van der Waals surface area (Å²) in [6.45, 7) is 1.80. The molecule has 1 aliphatic heterocycles. The van der Waals surface area contributed by atoms with Gasteiger partial charge in [-0.25, -0.2) is 0 Å². The number of nitrogens with zero attached hydrogens (tertiary/aromatic N) is 1. The van der Waals surface area contributed by atoms with Crippen molar-refractivity contribution >= 4 is 16.5 Å². The number of hydrogen-bond donors (Lipinski definition) is 1. The van der Waals surface area contributed by atoms with E-state index in [2.05, 4.69) is 47.4 Å². The first kappa shape index (κ1) is 10.6. The summed E-state index contributed by atoms with van der Waals surface area (Å²) < 4.78 is 0. The molecule has 1 aliphatic rings. The highest BCUT2D eigenvalue weighted by molar-refractivity contribution is 5.94. The van der Waals surface area contributed by atoms with Crippen LogP contribution in [0.4, 0.5) is 5.69 Å². The van der Waals surface area contributed by atoms with Gasteiger partial charge in [-0.2, -0.15) is 0 Å². The van der Waals surface area contributed by atoms with E-state index in [0.717, 1.165) is 25.9 Å². The Morgan fingerprint density at radius 2 is 1.88 bits per heavy atom. The molecule has 2 aromatic carbocycles. The van der Waals surface area contributed by atoms with Crippen molar-refractivity contribution in [2.75, 3.05) is 18.0 Å². The topological polar surface area (TPSA) is 23.5 Å². The van der Waals surface area contributed by atoms with Gasteiger partial charge in [0.15, 0.2) is 0 Å². The molecule has 0 bridgehead atoms. The van der Waals surface area contributed by atoms with Crippen LogP contribution in [0.25, 0.3) is 10.8 Å². The fourth-order valence-corrected chi connectivity index (χ4v) is 2.66. The van der Waals surface area contributed by atoms with E-state index in [-0.39, 0.29) is 6.10 Å². The number of fused-ring (bicyclic) bond motifs is 1. The highest BCUT2D eigenvalue weighted by atomic mass is 16.3. The molecule has 1 heterocycles. The van der Waals surface area contributed by atoms with Crippen molar-refractivity contribution in [1.82, 2.24) is 0 Å². The number of aliphatic hydroxyl groups is 1. The molecule has 3 rings (SSSR count). The van der Waals surface area contributed by atoms with E-state index >= 15 is 0 Å². The minimum absolute atomic E-state index is 0.178. The van der Waals surface area contributed by atoms with Crippen molar-refractivity contribution in [2.24, 2.45) is 0 Å². The molecule has 1 unspecified atom stereocenters. The van der Waals surface area contributed by atoms with Crippen LogP contribution in [0.1, 0.15) is 12.8 Å². The second-order valence-corrected chi connectivity index (χ2v) is 4.74. The van der Waals surface area contributed by atoms with Crippen molar-refractivity contribution in [2.45, 2.75) is 18.9 Å². The van der Waals surface area contributed by atoms with Crippen molar-refractivity contribution in [3.63, 3.8) is 0 Å². The van der Waals surface area contributed by atoms with Gasteiger partial charge in [-0.05, 0) is 24.3 Å². The Labute approximate surface area is 101 Å². The summed E-state index contributed by atoms with van der Waals surface area (Å²) in [7, 11) is 0. The summed E-state index contributed by atoms with van der Waals surface area (Å²) in [6.07, 6.45) is 1.83. The third-order valence-corrected chi connectivity index (χ3v) is 3.50. The number of piperidine rings is 1. The van der Waals surface area contributed by atoms with Gasteiger partial charge in [0, 0.05) is 24.2 Å². The normalized spacial score (nSPS) is 20.8. The van der Waals surface area contributed by atoms with Crippen LogP contribution in [-0.4, -0.2) is 24.3 Å². The summed E-state index contributed by atoms with van der Waals surface area (Å²) in [4.78, 5) is 2.30. The van der Waals surface area contributed by atoms with E-state index in [4.69, 9.17) is 0 Å². The number of rotatable bonds is 1. The van der Waals surface area contributed by atoms with E-state index in [1.807, 2.05) is 0 Å². The zero-order valence-corrected chi connectivity index (χ0v) is 9.84. The minimum atomic E-state index is -0.178. The predicted molar refractivity (Wildman–Crippen MR) is 71.4 cm³/mol. The molecule has 1 saturated heterocycles. The lowest BCUT2D eigenvalue weighted by atomic mass is 10.0. The van der Waals surface area contributed by atoms with Gasteiger partial charge >= 0.3 is 0 Å².